The zero-order chi connectivity index (χ0) is 21.4. The molecule has 30 heavy (non-hydrogen) atoms. The van der Waals surface area contributed by atoms with Gasteiger partial charge in [-0.25, -0.2) is 9.97 Å². The number of carbonyl (C=O) groups excluding carboxylic acids is 1. The topological polar surface area (TPSA) is 130 Å². The van der Waals surface area contributed by atoms with E-state index in [1.165, 1.54) is 10.9 Å². The molecular formula is C20H19ClN4O5. The van der Waals surface area contributed by atoms with Crippen molar-refractivity contribution < 1.29 is 24.9 Å². The highest BCUT2D eigenvalue weighted by Gasteiger charge is 2.47. The van der Waals surface area contributed by atoms with Crippen LogP contribution in [0.1, 0.15) is 17.9 Å². The van der Waals surface area contributed by atoms with Crippen LogP contribution in [-0.4, -0.2) is 54.1 Å². The monoisotopic (exact) mass is 430 g/mol. The molecule has 0 radical (unpaired) electrons. The minimum Gasteiger partial charge on any atom is -0.387 e. The summed E-state index contributed by atoms with van der Waals surface area (Å²) in [5, 5.41) is 35.4. The Morgan fingerprint density at radius 1 is 1.23 bits per heavy atom. The molecule has 1 aliphatic rings. The van der Waals surface area contributed by atoms with Gasteiger partial charge >= 0.3 is 0 Å². The number of hydrogen-bond acceptors (Lipinski definition) is 7. The molecule has 10 heteroatoms. The molecule has 1 aliphatic heterocycles. The van der Waals surface area contributed by atoms with Crippen LogP contribution in [0, 0.1) is 0 Å². The van der Waals surface area contributed by atoms with E-state index in [1.807, 2.05) is 0 Å². The van der Waals surface area contributed by atoms with Gasteiger partial charge in [-0.3, -0.25) is 4.79 Å². The summed E-state index contributed by atoms with van der Waals surface area (Å²) >= 11 is 5.88. The Labute approximate surface area is 176 Å². The average molecular weight is 431 g/mol. The normalized spacial score (nSPS) is 24.7. The number of halogens is 1. The SMILES string of the molecule is C=CC(=O)Nc1ncnc2c1ccn2[C@@H]1O[C@H]([C@H](O)c2ccc(Cl)cc2)[C@@H](O)[C@H]1O. The van der Waals surface area contributed by atoms with Crippen molar-refractivity contribution in [2.24, 2.45) is 0 Å². The van der Waals surface area contributed by atoms with E-state index in [0.717, 1.165) is 6.08 Å². The van der Waals surface area contributed by atoms with Gasteiger partial charge in [-0.15, -0.1) is 0 Å². The van der Waals surface area contributed by atoms with Gasteiger partial charge < -0.3 is 29.9 Å². The Morgan fingerprint density at radius 3 is 2.67 bits per heavy atom. The van der Waals surface area contributed by atoms with Crippen LogP contribution in [0.2, 0.25) is 5.02 Å². The first kappa shape index (κ1) is 20.5. The van der Waals surface area contributed by atoms with Crippen molar-refractivity contribution in [3.8, 4) is 0 Å². The fraction of sp³-hybridized carbons (Fsp3) is 0.250. The van der Waals surface area contributed by atoms with Crippen LogP contribution in [-0.2, 0) is 9.53 Å². The number of benzene rings is 1. The van der Waals surface area contributed by atoms with E-state index < -0.39 is 36.6 Å². The summed E-state index contributed by atoms with van der Waals surface area (Å²) in [7, 11) is 0. The third kappa shape index (κ3) is 3.57. The minimum atomic E-state index is -1.35. The highest BCUT2D eigenvalue weighted by atomic mass is 35.5. The van der Waals surface area contributed by atoms with Crippen LogP contribution in [0.5, 0.6) is 0 Å². The van der Waals surface area contributed by atoms with Crippen LogP contribution in [0.15, 0.2) is 55.5 Å². The second-order valence-corrected chi connectivity index (χ2v) is 7.28. The predicted octanol–water partition coefficient (Wildman–Crippen LogP) is 1.56. The molecule has 4 N–H and O–H groups in total. The summed E-state index contributed by atoms with van der Waals surface area (Å²) in [4.78, 5) is 19.9. The van der Waals surface area contributed by atoms with E-state index in [9.17, 15) is 20.1 Å². The Hall–Kier alpha value is -2.82. The van der Waals surface area contributed by atoms with Crippen molar-refractivity contribution >= 4 is 34.4 Å². The Balaban J connectivity index is 1.64. The molecule has 0 unspecified atom stereocenters. The van der Waals surface area contributed by atoms with Crippen LogP contribution in [0.4, 0.5) is 5.82 Å². The number of carbonyl (C=O) groups is 1. The van der Waals surface area contributed by atoms with Crippen molar-refractivity contribution in [1.82, 2.24) is 14.5 Å². The number of nitrogens with one attached hydrogen (secondary N) is 1. The molecule has 4 rings (SSSR count). The maximum Gasteiger partial charge on any atom is 0.248 e. The Morgan fingerprint density at radius 2 is 1.97 bits per heavy atom. The molecular weight excluding hydrogens is 412 g/mol. The maximum atomic E-state index is 11.6. The summed E-state index contributed by atoms with van der Waals surface area (Å²) in [5.74, 6) is -0.157. The van der Waals surface area contributed by atoms with E-state index in [4.69, 9.17) is 16.3 Å². The van der Waals surface area contributed by atoms with Crippen LogP contribution in [0.3, 0.4) is 0 Å². The van der Waals surface area contributed by atoms with Crippen LogP contribution in [0.25, 0.3) is 11.0 Å². The number of aliphatic hydroxyl groups is 3. The molecule has 1 aromatic carbocycles. The largest absolute Gasteiger partial charge is 0.387 e. The van der Waals surface area contributed by atoms with Gasteiger partial charge in [0.15, 0.2) is 6.23 Å². The molecule has 1 fully saturated rings. The molecule has 156 valence electrons. The second kappa shape index (κ2) is 8.13. The zero-order valence-corrected chi connectivity index (χ0v) is 16.3. The molecule has 3 heterocycles. The van der Waals surface area contributed by atoms with Gasteiger partial charge in [0.25, 0.3) is 0 Å². The third-order valence-corrected chi connectivity index (χ3v) is 5.26. The summed E-state index contributed by atoms with van der Waals surface area (Å²) in [5.41, 5.74) is 0.868. The van der Waals surface area contributed by atoms with Crippen molar-refractivity contribution in [2.75, 3.05) is 5.32 Å². The molecule has 2 aromatic heterocycles. The number of fused-ring (bicyclic) bond motifs is 1. The quantitative estimate of drug-likeness (QED) is 0.452. The number of ether oxygens (including phenoxy) is 1. The first-order valence-electron chi connectivity index (χ1n) is 9.11. The van der Waals surface area contributed by atoms with Crippen LogP contribution >= 0.6 is 11.6 Å². The number of aromatic nitrogens is 3. The van der Waals surface area contributed by atoms with Crippen molar-refractivity contribution in [3.63, 3.8) is 0 Å². The Bertz CT molecular complexity index is 1090. The first-order chi connectivity index (χ1) is 14.4. The Kier molecular flexibility index (Phi) is 5.54. The summed E-state index contributed by atoms with van der Waals surface area (Å²) in [6.07, 6.45) is -1.97. The number of rotatable bonds is 5. The fourth-order valence-electron chi connectivity index (χ4n) is 3.47. The number of amides is 1. The molecule has 0 spiro atoms. The summed E-state index contributed by atoms with van der Waals surface area (Å²) in [6, 6.07) is 8.13. The minimum absolute atomic E-state index is 0.273. The molecule has 1 amide bonds. The first-order valence-corrected chi connectivity index (χ1v) is 9.48. The molecule has 5 atom stereocenters. The molecule has 1 saturated heterocycles. The number of hydrogen-bond donors (Lipinski definition) is 4. The average Bonchev–Trinajstić information content (AvgIpc) is 3.30. The molecule has 0 bridgehead atoms. The summed E-state index contributed by atoms with van der Waals surface area (Å²) in [6.45, 7) is 3.41. The number of nitrogens with zero attached hydrogens (tertiary/aromatic N) is 3. The lowest BCUT2D eigenvalue weighted by molar-refractivity contribution is -0.111. The van der Waals surface area contributed by atoms with Crippen LogP contribution < -0.4 is 5.32 Å². The van der Waals surface area contributed by atoms with Crippen molar-refractivity contribution in [1.29, 1.82) is 0 Å². The van der Waals surface area contributed by atoms with E-state index >= 15 is 0 Å². The van der Waals surface area contributed by atoms with E-state index in [0.29, 0.717) is 21.6 Å². The van der Waals surface area contributed by atoms with Gasteiger partial charge in [0.05, 0.1) is 5.39 Å². The molecule has 9 nitrogen and oxygen atoms in total. The number of anilines is 1. The van der Waals surface area contributed by atoms with Gasteiger partial charge in [0.2, 0.25) is 5.91 Å². The van der Waals surface area contributed by atoms with Gasteiger partial charge in [-0.1, -0.05) is 30.3 Å². The lowest BCUT2D eigenvalue weighted by Gasteiger charge is -2.21. The highest BCUT2D eigenvalue weighted by molar-refractivity contribution is 6.30. The number of aliphatic hydroxyl groups excluding tert-OH is 3. The van der Waals surface area contributed by atoms with Gasteiger partial charge in [-0.05, 0) is 29.8 Å². The highest BCUT2D eigenvalue weighted by Crippen LogP contribution is 2.38. The predicted molar refractivity (Wildman–Crippen MR) is 109 cm³/mol. The zero-order valence-electron chi connectivity index (χ0n) is 15.6. The second-order valence-electron chi connectivity index (χ2n) is 6.84. The fourth-order valence-corrected chi connectivity index (χ4v) is 3.60. The maximum absolute atomic E-state index is 11.6. The van der Waals surface area contributed by atoms with Crippen molar-refractivity contribution in [2.45, 2.75) is 30.6 Å². The lowest BCUT2D eigenvalue weighted by atomic mass is 9.99. The molecule has 3 aromatic rings. The van der Waals surface area contributed by atoms with Crippen molar-refractivity contribution in [3.05, 3.63) is 66.1 Å². The standard InChI is InChI=1S/C20H19ClN4O5/c1-2-13(26)24-18-12-7-8-25(19(12)23-9-22-18)20-16(29)15(28)17(30-20)14(27)10-3-5-11(21)6-4-10/h2-9,14-17,20,27-29H,1H2,(H,22,23,24,26)/t14-,15+,16-,17-,20-/m1/s1. The van der Waals surface area contributed by atoms with Gasteiger partial charge in [0, 0.05) is 11.2 Å². The van der Waals surface area contributed by atoms with E-state index in [-0.39, 0.29) is 5.82 Å². The smallest absolute Gasteiger partial charge is 0.248 e. The lowest BCUT2D eigenvalue weighted by Crippen LogP contribution is -2.34. The van der Waals surface area contributed by atoms with Gasteiger partial charge in [0.1, 0.15) is 42.2 Å². The van der Waals surface area contributed by atoms with Gasteiger partial charge in [-0.2, -0.15) is 0 Å². The summed E-state index contributed by atoms with van der Waals surface area (Å²) < 4.78 is 7.36. The van der Waals surface area contributed by atoms with E-state index in [1.54, 1.807) is 36.5 Å². The third-order valence-electron chi connectivity index (χ3n) is 5.01. The molecule has 0 aliphatic carbocycles. The molecule has 0 saturated carbocycles. The van der Waals surface area contributed by atoms with E-state index in [2.05, 4.69) is 21.9 Å².